The Hall–Kier alpha value is -2.28. The van der Waals surface area contributed by atoms with E-state index in [1.807, 2.05) is 24.0 Å². The van der Waals surface area contributed by atoms with Crippen molar-refractivity contribution in [3.8, 4) is 0 Å². The number of carbonyl (C=O) groups is 1. The van der Waals surface area contributed by atoms with E-state index in [1.54, 1.807) is 0 Å². The topological polar surface area (TPSA) is 98.1 Å². The van der Waals surface area contributed by atoms with E-state index in [9.17, 15) is 4.79 Å². The second-order valence-electron chi connectivity index (χ2n) is 5.54. The van der Waals surface area contributed by atoms with Crippen molar-refractivity contribution in [2.24, 2.45) is 0 Å². The maximum Gasteiger partial charge on any atom is 0.236 e. The molecule has 2 heterocycles. The fourth-order valence-corrected chi connectivity index (χ4v) is 3.55. The van der Waals surface area contributed by atoms with E-state index in [-0.39, 0.29) is 11.2 Å². The highest BCUT2D eigenvalue weighted by atomic mass is 32.2. The van der Waals surface area contributed by atoms with Gasteiger partial charge in [0, 0.05) is 19.2 Å². The van der Waals surface area contributed by atoms with E-state index in [0.717, 1.165) is 13.0 Å². The molecule has 3 rings (SSSR count). The maximum absolute atomic E-state index is 12.7. The van der Waals surface area contributed by atoms with Crippen molar-refractivity contribution >= 4 is 29.3 Å². The molecular formula is C16H19N5OS. The van der Waals surface area contributed by atoms with Crippen LogP contribution in [0, 0.1) is 0 Å². The number of nitrogens with two attached hydrogens (primary N) is 2. The molecule has 2 aromatic rings. The number of hydrogen-bond donors (Lipinski definition) is 2. The molecule has 6 nitrogen and oxygen atoms in total. The van der Waals surface area contributed by atoms with Gasteiger partial charge in [-0.2, -0.15) is 0 Å². The zero-order valence-electron chi connectivity index (χ0n) is 12.9. The monoisotopic (exact) mass is 329 g/mol. The second kappa shape index (κ2) is 6.45. The number of aromatic nitrogens is 2. The molecular weight excluding hydrogens is 310 g/mol. The number of fused-ring (bicyclic) bond motifs is 1. The van der Waals surface area contributed by atoms with E-state index in [0.29, 0.717) is 23.3 Å². The van der Waals surface area contributed by atoms with Crippen molar-refractivity contribution in [2.45, 2.75) is 30.3 Å². The molecule has 1 aliphatic heterocycles. The molecule has 0 radical (unpaired) electrons. The van der Waals surface area contributed by atoms with Gasteiger partial charge in [-0.15, -0.1) is 0 Å². The molecule has 7 heteroatoms. The van der Waals surface area contributed by atoms with Crippen LogP contribution in [-0.2, 0) is 17.8 Å². The number of amides is 1. The molecule has 1 amide bonds. The third-order valence-electron chi connectivity index (χ3n) is 3.82. The molecule has 1 aromatic heterocycles. The third-order valence-corrected chi connectivity index (χ3v) is 4.77. The molecule has 1 aromatic carbocycles. The summed E-state index contributed by atoms with van der Waals surface area (Å²) in [5.41, 5.74) is 13.9. The molecule has 1 atom stereocenters. The summed E-state index contributed by atoms with van der Waals surface area (Å²) in [4.78, 5) is 22.8. The van der Waals surface area contributed by atoms with Gasteiger partial charge in [-0.1, -0.05) is 36.0 Å². The average molecular weight is 329 g/mol. The maximum atomic E-state index is 12.7. The van der Waals surface area contributed by atoms with Crippen LogP contribution in [0.2, 0.25) is 0 Å². The third kappa shape index (κ3) is 3.56. The minimum atomic E-state index is -0.290. The molecule has 4 N–H and O–H groups in total. The molecule has 120 valence electrons. The zero-order chi connectivity index (χ0) is 16.4. The van der Waals surface area contributed by atoms with Crippen LogP contribution in [-0.4, -0.2) is 32.6 Å². The van der Waals surface area contributed by atoms with Gasteiger partial charge in [0.1, 0.15) is 11.6 Å². The summed E-state index contributed by atoms with van der Waals surface area (Å²) in [5, 5.41) is 0.141. The van der Waals surface area contributed by atoms with Crippen LogP contribution in [0.1, 0.15) is 18.1 Å². The van der Waals surface area contributed by atoms with E-state index in [2.05, 4.69) is 22.1 Å². The van der Waals surface area contributed by atoms with Gasteiger partial charge < -0.3 is 16.4 Å². The number of carbonyl (C=O) groups excluding carboxylic acids is 1. The van der Waals surface area contributed by atoms with Gasteiger partial charge in [0.15, 0.2) is 5.16 Å². The first-order chi connectivity index (χ1) is 11.0. The molecule has 1 aliphatic rings. The minimum Gasteiger partial charge on any atom is -0.383 e. The van der Waals surface area contributed by atoms with Crippen molar-refractivity contribution in [2.75, 3.05) is 18.0 Å². The molecule has 0 fully saturated rings. The number of anilines is 2. The summed E-state index contributed by atoms with van der Waals surface area (Å²) < 4.78 is 0. The Labute approximate surface area is 139 Å². The Balaban J connectivity index is 1.68. The van der Waals surface area contributed by atoms with Gasteiger partial charge in [0.25, 0.3) is 0 Å². The highest BCUT2D eigenvalue weighted by Crippen LogP contribution is 2.25. The number of benzene rings is 1. The Morgan fingerprint density at radius 1 is 1.22 bits per heavy atom. The Morgan fingerprint density at radius 3 is 2.57 bits per heavy atom. The van der Waals surface area contributed by atoms with Gasteiger partial charge in [-0.05, 0) is 24.5 Å². The van der Waals surface area contributed by atoms with Crippen LogP contribution in [0.25, 0.3) is 0 Å². The molecule has 0 unspecified atom stereocenters. The normalized spacial score (nSPS) is 15.1. The van der Waals surface area contributed by atoms with E-state index in [4.69, 9.17) is 11.5 Å². The Morgan fingerprint density at radius 2 is 1.87 bits per heavy atom. The van der Waals surface area contributed by atoms with Crippen molar-refractivity contribution < 1.29 is 4.79 Å². The van der Waals surface area contributed by atoms with Crippen molar-refractivity contribution in [3.05, 3.63) is 41.5 Å². The van der Waals surface area contributed by atoms with Crippen LogP contribution >= 0.6 is 11.8 Å². The summed E-state index contributed by atoms with van der Waals surface area (Å²) in [7, 11) is 0. The fourth-order valence-electron chi connectivity index (χ4n) is 2.66. The van der Waals surface area contributed by atoms with E-state index < -0.39 is 0 Å². The van der Waals surface area contributed by atoms with Crippen LogP contribution in [0.5, 0.6) is 0 Å². The van der Waals surface area contributed by atoms with Gasteiger partial charge in [0.2, 0.25) is 5.91 Å². The molecule has 0 bridgehead atoms. The zero-order valence-corrected chi connectivity index (χ0v) is 13.7. The Kier molecular flexibility index (Phi) is 4.38. The number of rotatable bonds is 3. The minimum absolute atomic E-state index is 0.0779. The van der Waals surface area contributed by atoms with Gasteiger partial charge in [-0.25, -0.2) is 9.97 Å². The first kappa shape index (κ1) is 15.6. The quantitative estimate of drug-likeness (QED) is 0.657. The predicted molar refractivity (Wildman–Crippen MR) is 91.7 cm³/mol. The lowest BCUT2D eigenvalue weighted by Gasteiger charge is -2.30. The number of nitrogen functional groups attached to an aromatic ring is 2. The largest absolute Gasteiger partial charge is 0.383 e. The van der Waals surface area contributed by atoms with Crippen molar-refractivity contribution in [1.29, 1.82) is 0 Å². The van der Waals surface area contributed by atoms with E-state index >= 15 is 0 Å². The van der Waals surface area contributed by atoms with Crippen molar-refractivity contribution in [3.63, 3.8) is 0 Å². The van der Waals surface area contributed by atoms with E-state index in [1.165, 1.54) is 29.0 Å². The SMILES string of the molecule is C[C@@H](Sc1nc(N)cc(N)n1)C(=O)N1CCc2ccccc2C1. The predicted octanol–water partition coefficient (Wildman–Crippen LogP) is 1.71. The fraction of sp³-hybridized carbons (Fsp3) is 0.312. The van der Waals surface area contributed by atoms with Crippen molar-refractivity contribution in [1.82, 2.24) is 14.9 Å². The second-order valence-corrected chi connectivity index (χ2v) is 6.85. The average Bonchev–Trinajstić information content (AvgIpc) is 2.52. The first-order valence-electron chi connectivity index (χ1n) is 7.45. The van der Waals surface area contributed by atoms with Gasteiger partial charge in [-0.3, -0.25) is 4.79 Å². The highest BCUT2D eigenvalue weighted by Gasteiger charge is 2.25. The number of hydrogen-bond acceptors (Lipinski definition) is 6. The lowest BCUT2D eigenvalue weighted by atomic mass is 10.00. The summed E-state index contributed by atoms with van der Waals surface area (Å²) in [5.74, 6) is 0.701. The lowest BCUT2D eigenvalue weighted by Crippen LogP contribution is -2.40. The summed E-state index contributed by atoms with van der Waals surface area (Å²) in [6.45, 7) is 3.25. The van der Waals surface area contributed by atoms with Crippen LogP contribution in [0.3, 0.4) is 0 Å². The highest BCUT2D eigenvalue weighted by molar-refractivity contribution is 8.00. The van der Waals surface area contributed by atoms with Crippen LogP contribution in [0.4, 0.5) is 11.6 Å². The lowest BCUT2D eigenvalue weighted by molar-refractivity contribution is -0.131. The molecule has 0 saturated carbocycles. The summed E-state index contributed by atoms with van der Waals surface area (Å²) in [6.07, 6.45) is 0.890. The molecule has 0 saturated heterocycles. The molecule has 0 aliphatic carbocycles. The molecule has 23 heavy (non-hydrogen) atoms. The van der Waals surface area contributed by atoms with Crippen LogP contribution in [0.15, 0.2) is 35.5 Å². The first-order valence-corrected chi connectivity index (χ1v) is 8.33. The Bertz CT molecular complexity index is 716. The standard InChI is InChI=1S/C16H19N5OS/c1-10(23-16-19-13(17)8-14(18)20-16)15(22)21-7-6-11-4-2-3-5-12(11)9-21/h2-5,8,10H,6-7,9H2,1H3,(H4,17,18,19,20)/t10-/m1/s1. The van der Waals surface area contributed by atoms with Gasteiger partial charge >= 0.3 is 0 Å². The smallest absolute Gasteiger partial charge is 0.236 e. The number of thioether (sulfide) groups is 1. The van der Waals surface area contributed by atoms with Gasteiger partial charge in [0.05, 0.1) is 5.25 Å². The summed E-state index contributed by atoms with van der Waals surface area (Å²) >= 11 is 1.28. The van der Waals surface area contributed by atoms with Crippen LogP contribution < -0.4 is 11.5 Å². The summed E-state index contributed by atoms with van der Waals surface area (Å²) in [6, 6.07) is 9.75. The molecule has 0 spiro atoms. The number of nitrogens with zero attached hydrogens (tertiary/aromatic N) is 3.